The molecule has 2 N–H and O–H groups in total. The molecule has 0 aromatic carbocycles. The molecule has 4 nitrogen and oxygen atoms in total. The lowest BCUT2D eigenvalue weighted by Gasteiger charge is -2.17. The van der Waals surface area contributed by atoms with Crippen LogP contribution in [-0.4, -0.2) is 23.1 Å². The van der Waals surface area contributed by atoms with Gasteiger partial charge in [0.1, 0.15) is 17.5 Å². The number of hydrogen-bond donors (Lipinski definition) is 2. The molecule has 0 atom stereocenters. The van der Waals surface area contributed by atoms with Gasteiger partial charge in [0.15, 0.2) is 0 Å². The summed E-state index contributed by atoms with van der Waals surface area (Å²) in [5.74, 6) is 2.77. The average molecular weight is 248 g/mol. The van der Waals surface area contributed by atoms with E-state index in [0.29, 0.717) is 6.04 Å². The Kier molecular flexibility index (Phi) is 4.79. The third-order valence-electron chi connectivity index (χ3n) is 3.55. The highest BCUT2D eigenvalue weighted by Gasteiger charge is 2.13. The minimum Gasteiger partial charge on any atom is -0.373 e. The molecule has 4 heteroatoms. The van der Waals surface area contributed by atoms with Crippen molar-refractivity contribution >= 4 is 11.6 Å². The summed E-state index contributed by atoms with van der Waals surface area (Å²) in [6, 6.07) is 2.58. The molecule has 0 saturated heterocycles. The van der Waals surface area contributed by atoms with Crippen LogP contribution in [-0.2, 0) is 6.42 Å². The smallest absolute Gasteiger partial charge is 0.132 e. The number of hydrogen-bond acceptors (Lipinski definition) is 4. The third-order valence-corrected chi connectivity index (χ3v) is 3.55. The lowest BCUT2D eigenvalue weighted by Crippen LogP contribution is -2.19. The van der Waals surface area contributed by atoms with E-state index in [1.54, 1.807) is 0 Å². The van der Waals surface area contributed by atoms with E-state index in [1.165, 1.54) is 38.5 Å². The maximum absolute atomic E-state index is 4.56. The first-order valence-corrected chi connectivity index (χ1v) is 7.14. The minimum atomic E-state index is 0.580. The van der Waals surface area contributed by atoms with Gasteiger partial charge in [0.25, 0.3) is 0 Å². The van der Waals surface area contributed by atoms with Crippen molar-refractivity contribution in [1.29, 1.82) is 0 Å². The molecule has 1 fully saturated rings. The largest absolute Gasteiger partial charge is 0.373 e. The first-order valence-electron chi connectivity index (χ1n) is 7.14. The summed E-state index contributed by atoms with van der Waals surface area (Å²) in [7, 11) is 1.90. The summed E-state index contributed by atoms with van der Waals surface area (Å²) in [5, 5.41) is 6.68. The highest BCUT2D eigenvalue weighted by atomic mass is 15.1. The maximum atomic E-state index is 4.56. The highest BCUT2D eigenvalue weighted by Crippen LogP contribution is 2.21. The Morgan fingerprint density at radius 1 is 1.11 bits per heavy atom. The van der Waals surface area contributed by atoms with Crippen molar-refractivity contribution < 1.29 is 0 Å². The second-order valence-electron chi connectivity index (χ2n) is 4.99. The van der Waals surface area contributed by atoms with E-state index in [4.69, 9.17) is 0 Å². The van der Waals surface area contributed by atoms with Gasteiger partial charge < -0.3 is 10.6 Å². The second kappa shape index (κ2) is 6.57. The number of anilines is 2. The minimum absolute atomic E-state index is 0.580. The highest BCUT2D eigenvalue weighted by molar-refractivity contribution is 5.47. The van der Waals surface area contributed by atoms with Crippen molar-refractivity contribution in [3.05, 3.63) is 11.9 Å². The van der Waals surface area contributed by atoms with E-state index < -0.39 is 0 Å². The zero-order valence-electron chi connectivity index (χ0n) is 11.5. The lowest BCUT2D eigenvalue weighted by atomic mass is 10.1. The summed E-state index contributed by atoms with van der Waals surface area (Å²) in [4.78, 5) is 8.98. The van der Waals surface area contributed by atoms with Gasteiger partial charge in [0.2, 0.25) is 0 Å². The standard InChI is InChI=1S/C14H24N4/c1-3-12-17-13(15-2)10-14(18-12)16-11-8-6-4-5-7-9-11/h10-11H,3-9H2,1-2H3,(H2,15,16,17,18). The van der Waals surface area contributed by atoms with Gasteiger partial charge in [-0.3, -0.25) is 0 Å². The van der Waals surface area contributed by atoms with E-state index in [2.05, 4.69) is 27.5 Å². The molecule has 1 aromatic heterocycles. The lowest BCUT2D eigenvalue weighted by molar-refractivity contribution is 0.617. The van der Waals surface area contributed by atoms with Crippen LogP contribution < -0.4 is 10.6 Å². The van der Waals surface area contributed by atoms with Gasteiger partial charge in [-0.1, -0.05) is 32.6 Å². The summed E-state index contributed by atoms with van der Waals surface area (Å²) in [5.41, 5.74) is 0. The average Bonchev–Trinajstić information content (AvgIpc) is 2.67. The van der Waals surface area contributed by atoms with Gasteiger partial charge >= 0.3 is 0 Å². The van der Waals surface area contributed by atoms with Gasteiger partial charge in [-0.25, -0.2) is 9.97 Å². The Bertz CT molecular complexity index is 348. The molecule has 2 rings (SSSR count). The van der Waals surface area contributed by atoms with Crippen LogP contribution in [0.3, 0.4) is 0 Å². The van der Waals surface area contributed by atoms with E-state index in [9.17, 15) is 0 Å². The van der Waals surface area contributed by atoms with Crippen LogP contribution in [0.2, 0.25) is 0 Å². The fraction of sp³-hybridized carbons (Fsp3) is 0.714. The predicted molar refractivity (Wildman–Crippen MR) is 76.1 cm³/mol. The van der Waals surface area contributed by atoms with Crippen LogP contribution in [0.25, 0.3) is 0 Å². The third kappa shape index (κ3) is 3.59. The van der Waals surface area contributed by atoms with Crippen molar-refractivity contribution in [3.63, 3.8) is 0 Å². The van der Waals surface area contributed by atoms with E-state index in [0.717, 1.165) is 23.9 Å². The van der Waals surface area contributed by atoms with Crippen LogP contribution in [0.1, 0.15) is 51.3 Å². The Morgan fingerprint density at radius 2 is 1.78 bits per heavy atom. The van der Waals surface area contributed by atoms with Crippen LogP contribution in [0.15, 0.2) is 6.07 Å². The molecule has 0 bridgehead atoms. The Morgan fingerprint density at radius 3 is 2.39 bits per heavy atom. The molecule has 0 aliphatic heterocycles. The molecule has 1 saturated carbocycles. The van der Waals surface area contributed by atoms with Crippen molar-refractivity contribution in [2.24, 2.45) is 0 Å². The molecule has 0 radical (unpaired) electrons. The number of nitrogens with one attached hydrogen (secondary N) is 2. The summed E-state index contributed by atoms with van der Waals surface area (Å²) >= 11 is 0. The first kappa shape index (κ1) is 13.1. The summed E-state index contributed by atoms with van der Waals surface area (Å²) in [6.07, 6.45) is 8.83. The zero-order valence-corrected chi connectivity index (χ0v) is 11.5. The molecule has 1 aliphatic carbocycles. The SMILES string of the molecule is CCc1nc(NC)cc(NC2CCCCCC2)n1. The zero-order chi connectivity index (χ0) is 12.8. The maximum Gasteiger partial charge on any atom is 0.132 e. The van der Waals surface area contributed by atoms with E-state index >= 15 is 0 Å². The fourth-order valence-corrected chi connectivity index (χ4v) is 2.49. The molecular weight excluding hydrogens is 224 g/mol. The van der Waals surface area contributed by atoms with Gasteiger partial charge in [0.05, 0.1) is 0 Å². The van der Waals surface area contributed by atoms with E-state index in [1.807, 2.05) is 13.1 Å². The summed E-state index contributed by atoms with van der Waals surface area (Å²) in [6.45, 7) is 2.09. The van der Waals surface area contributed by atoms with Gasteiger partial charge in [-0.2, -0.15) is 0 Å². The Hall–Kier alpha value is -1.32. The fourth-order valence-electron chi connectivity index (χ4n) is 2.49. The molecule has 100 valence electrons. The molecule has 1 aliphatic rings. The number of aryl methyl sites for hydroxylation is 1. The predicted octanol–water partition coefficient (Wildman–Crippen LogP) is 3.22. The molecule has 18 heavy (non-hydrogen) atoms. The molecule has 1 aromatic rings. The number of aromatic nitrogens is 2. The molecular formula is C14H24N4. The van der Waals surface area contributed by atoms with Crippen molar-refractivity contribution in [3.8, 4) is 0 Å². The van der Waals surface area contributed by atoms with Gasteiger partial charge in [-0.05, 0) is 12.8 Å². The van der Waals surface area contributed by atoms with Crippen LogP contribution in [0.5, 0.6) is 0 Å². The van der Waals surface area contributed by atoms with Crippen molar-refractivity contribution in [2.75, 3.05) is 17.7 Å². The van der Waals surface area contributed by atoms with Crippen LogP contribution in [0, 0.1) is 0 Å². The monoisotopic (exact) mass is 248 g/mol. The van der Waals surface area contributed by atoms with Gasteiger partial charge in [-0.15, -0.1) is 0 Å². The van der Waals surface area contributed by atoms with Crippen molar-refractivity contribution in [2.45, 2.75) is 57.9 Å². The number of rotatable bonds is 4. The quantitative estimate of drug-likeness (QED) is 0.803. The molecule has 0 unspecified atom stereocenters. The summed E-state index contributed by atoms with van der Waals surface area (Å²) < 4.78 is 0. The molecule has 1 heterocycles. The van der Waals surface area contributed by atoms with E-state index in [-0.39, 0.29) is 0 Å². The Balaban J connectivity index is 2.06. The molecule has 0 amide bonds. The molecule has 0 spiro atoms. The van der Waals surface area contributed by atoms with Gasteiger partial charge in [0, 0.05) is 25.6 Å². The number of nitrogens with zero attached hydrogens (tertiary/aromatic N) is 2. The van der Waals surface area contributed by atoms with Crippen LogP contribution in [0.4, 0.5) is 11.6 Å². The van der Waals surface area contributed by atoms with Crippen molar-refractivity contribution in [1.82, 2.24) is 9.97 Å². The normalized spacial score (nSPS) is 17.2. The topological polar surface area (TPSA) is 49.8 Å². The first-order chi connectivity index (χ1) is 8.81. The van der Waals surface area contributed by atoms with Crippen LogP contribution >= 0.6 is 0 Å². The second-order valence-corrected chi connectivity index (χ2v) is 4.99. The Labute approximate surface area is 110 Å².